The normalized spacial score (nSPS) is 10.7. The van der Waals surface area contributed by atoms with E-state index >= 15 is 0 Å². The van der Waals surface area contributed by atoms with E-state index in [1.807, 2.05) is 18.7 Å². The van der Waals surface area contributed by atoms with Crippen LogP contribution in [0.1, 0.15) is 21.7 Å². The van der Waals surface area contributed by atoms with Gasteiger partial charge in [-0.2, -0.15) is 5.10 Å². The molecule has 0 aliphatic rings. The van der Waals surface area contributed by atoms with E-state index in [4.69, 9.17) is 5.11 Å². The maximum atomic E-state index is 10.7. The number of hydrogen-bond acceptors (Lipinski definition) is 4. The molecule has 0 spiro atoms. The lowest BCUT2D eigenvalue weighted by Crippen LogP contribution is -1.98. The van der Waals surface area contributed by atoms with Gasteiger partial charge in [-0.3, -0.25) is 4.68 Å². The lowest BCUT2D eigenvalue weighted by atomic mass is 10.3. The number of nitrogens with zero attached hydrogens (tertiary/aromatic N) is 3. The number of carbonyl (C=O) groups is 1. The van der Waals surface area contributed by atoms with Crippen LogP contribution in [0, 0.1) is 6.92 Å². The Balaban J connectivity index is 2.08. The van der Waals surface area contributed by atoms with Crippen LogP contribution in [-0.4, -0.2) is 25.8 Å². The number of carboxylic acids is 1. The summed E-state index contributed by atoms with van der Waals surface area (Å²) in [4.78, 5) is 14.8. The first kappa shape index (κ1) is 14.1. The number of rotatable bonds is 4. The number of pyridine rings is 1. The van der Waals surface area contributed by atoms with E-state index < -0.39 is 5.97 Å². The van der Waals surface area contributed by atoms with Crippen molar-refractivity contribution in [2.24, 2.45) is 7.05 Å². The molecule has 0 aliphatic carbocycles. The summed E-state index contributed by atoms with van der Waals surface area (Å²) in [6.45, 7) is 1.94. The van der Waals surface area contributed by atoms with Gasteiger partial charge in [-0.05, 0) is 35.0 Å². The summed E-state index contributed by atoms with van der Waals surface area (Å²) in [6.07, 6.45) is 1.37. The van der Waals surface area contributed by atoms with Crippen molar-refractivity contribution in [2.45, 2.75) is 17.7 Å². The van der Waals surface area contributed by atoms with E-state index in [2.05, 4.69) is 26.0 Å². The zero-order chi connectivity index (χ0) is 14.0. The van der Waals surface area contributed by atoms with Gasteiger partial charge < -0.3 is 5.11 Å². The number of halogens is 1. The van der Waals surface area contributed by atoms with Gasteiger partial charge in [0.15, 0.2) is 0 Å². The number of carboxylic acid groups (broad SMARTS) is 1. The third-order valence-corrected chi connectivity index (χ3v) is 4.59. The molecule has 100 valence electrons. The molecule has 0 aliphatic heterocycles. The van der Waals surface area contributed by atoms with Gasteiger partial charge in [0.25, 0.3) is 0 Å². The third-order valence-electron chi connectivity index (χ3n) is 2.60. The number of thioether (sulfide) groups is 1. The molecule has 0 saturated carbocycles. The Morgan fingerprint density at radius 3 is 2.74 bits per heavy atom. The minimum absolute atomic E-state index is 0.196. The third kappa shape index (κ3) is 3.16. The molecule has 0 saturated heterocycles. The Morgan fingerprint density at radius 2 is 2.26 bits per heavy atom. The molecule has 5 nitrogen and oxygen atoms in total. The molecular formula is C12H12BrN3O2S. The number of aryl methyl sites for hydroxylation is 2. The molecule has 0 fully saturated rings. The maximum Gasteiger partial charge on any atom is 0.337 e. The van der Waals surface area contributed by atoms with E-state index in [0.29, 0.717) is 0 Å². The van der Waals surface area contributed by atoms with Crippen molar-refractivity contribution in [2.75, 3.05) is 0 Å². The van der Waals surface area contributed by atoms with Crippen molar-refractivity contribution in [1.82, 2.24) is 14.8 Å². The van der Waals surface area contributed by atoms with E-state index in [1.165, 1.54) is 6.20 Å². The molecule has 1 N–H and O–H groups in total. The van der Waals surface area contributed by atoms with Crippen LogP contribution < -0.4 is 0 Å². The maximum absolute atomic E-state index is 10.7. The van der Waals surface area contributed by atoms with Crippen molar-refractivity contribution in [3.05, 3.63) is 39.8 Å². The van der Waals surface area contributed by atoms with Gasteiger partial charge in [0.05, 0.1) is 26.4 Å². The first-order chi connectivity index (χ1) is 8.99. The van der Waals surface area contributed by atoms with Crippen LogP contribution in [0.5, 0.6) is 0 Å². The van der Waals surface area contributed by atoms with Crippen LogP contribution in [0.4, 0.5) is 0 Å². The van der Waals surface area contributed by atoms with Gasteiger partial charge >= 0.3 is 5.97 Å². The van der Waals surface area contributed by atoms with E-state index in [1.54, 1.807) is 23.9 Å². The molecule has 0 amide bonds. The topological polar surface area (TPSA) is 68.0 Å². The van der Waals surface area contributed by atoms with Crippen LogP contribution >= 0.6 is 27.7 Å². The Hall–Kier alpha value is -1.34. The van der Waals surface area contributed by atoms with Crippen molar-refractivity contribution in [3.8, 4) is 0 Å². The van der Waals surface area contributed by atoms with Crippen molar-refractivity contribution >= 4 is 33.7 Å². The zero-order valence-corrected chi connectivity index (χ0v) is 12.8. The smallest absolute Gasteiger partial charge is 0.337 e. The number of aromatic carboxylic acids is 1. The van der Waals surface area contributed by atoms with Crippen LogP contribution in [-0.2, 0) is 12.8 Å². The molecule has 2 rings (SSSR count). The second kappa shape index (κ2) is 5.75. The molecule has 0 radical (unpaired) electrons. The summed E-state index contributed by atoms with van der Waals surface area (Å²) in [6, 6.07) is 3.27. The monoisotopic (exact) mass is 341 g/mol. The molecule has 0 bridgehead atoms. The molecule has 2 heterocycles. The second-order valence-electron chi connectivity index (χ2n) is 3.95. The molecule has 19 heavy (non-hydrogen) atoms. The molecule has 0 atom stereocenters. The lowest BCUT2D eigenvalue weighted by molar-refractivity contribution is 0.0696. The predicted octanol–water partition coefficient (Wildman–Crippen LogP) is 2.88. The van der Waals surface area contributed by atoms with Crippen LogP contribution in [0.25, 0.3) is 0 Å². The fourth-order valence-corrected chi connectivity index (χ4v) is 3.14. The molecular weight excluding hydrogens is 330 g/mol. The van der Waals surface area contributed by atoms with Crippen LogP contribution in [0.15, 0.2) is 27.8 Å². The van der Waals surface area contributed by atoms with Gasteiger partial charge in [0, 0.05) is 19.0 Å². The summed E-state index contributed by atoms with van der Waals surface area (Å²) in [5, 5.41) is 13.9. The summed E-state index contributed by atoms with van der Waals surface area (Å²) >= 11 is 5.05. The molecule has 2 aromatic rings. The summed E-state index contributed by atoms with van der Waals surface area (Å²) in [7, 11) is 1.90. The van der Waals surface area contributed by atoms with Crippen molar-refractivity contribution < 1.29 is 9.90 Å². The van der Waals surface area contributed by atoms with E-state index in [9.17, 15) is 4.79 Å². The predicted molar refractivity (Wildman–Crippen MR) is 76.4 cm³/mol. The average molecular weight is 342 g/mol. The SMILES string of the molecule is Cc1nn(C)c(CSc2ccc(C(=O)O)cn2)c1Br. The quantitative estimate of drug-likeness (QED) is 0.866. The minimum atomic E-state index is -0.964. The molecule has 0 aromatic carbocycles. The van der Waals surface area contributed by atoms with Gasteiger partial charge in [-0.25, -0.2) is 9.78 Å². The highest BCUT2D eigenvalue weighted by Gasteiger charge is 2.11. The standard InChI is InChI=1S/C12H12BrN3O2S/c1-7-11(13)9(16(2)15-7)6-19-10-4-3-8(5-14-10)12(17)18/h3-5H,6H2,1-2H3,(H,17,18). The van der Waals surface area contributed by atoms with Gasteiger partial charge in [-0.1, -0.05) is 0 Å². The van der Waals surface area contributed by atoms with Gasteiger partial charge in [0.1, 0.15) is 0 Å². The molecule has 0 unspecified atom stereocenters. The second-order valence-corrected chi connectivity index (χ2v) is 5.74. The highest BCUT2D eigenvalue weighted by molar-refractivity contribution is 9.10. The highest BCUT2D eigenvalue weighted by atomic mass is 79.9. The fourth-order valence-electron chi connectivity index (χ4n) is 1.57. The summed E-state index contributed by atoms with van der Waals surface area (Å²) in [5.41, 5.74) is 2.22. The Bertz CT molecular complexity index is 610. The summed E-state index contributed by atoms with van der Waals surface area (Å²) in [5.74, 6) is -0.244. The lowest BCUT2D eigenvalue weighted by Gasteiger charge is -2.03. The fraction of sp³-hybridized carbons (Fsp3) is 0.250. The van der Waals surface area contributed by atoms with Gasteiger partial charge in [-0.15, -0.1) is 11.8 Å². The largest absolute Gasteiger partial charge is 0.478 e. The van der Waals surface area contributed by atoms with Crippen molar-refractivity contribution in [1.29, 1.82) is 0 Å². The van der Waals surface area contributed by atoms with Crippen molar-refractivity contribution in [3.63, 3.8) is 0 Å². The van der Waals surface area contributed by atoms with E-state index in [-0.39, 0.29) is 5.56 Å². The number of aromatic nitrogens is 3. The first-order valence-electron chi connectivity index (χ1n) is 5.49. The minimum Gasteiger partial charge on any atom is -0.478 e. The van der Waals surface area contributed by atoms with Crippen LogP contribution in [0.2, 0.25) is 0 Å². The van der Waals surface area contributed by atoms with Gasteiger partial charge in [0.2, 0.25) is 0 Å². The zero-order valence-electron chi connectivity index (χ0n) is 10.4. The van der Waals surface area contributed by atoms with Crippen LogP contribution in [0.3, 0.4) is 0 Å². The summed E-state index contributed by atoms with van der Waals surface area (Å²) < 4.78 is 2.84. The van der Waals surface area contributed by atoms with E-state index in [0.717, 1.165) is 26.6 Å². The Morgan fingerprint density at radius 1 is 1.53 bits per heavy atom. The first-order valence-corrected chi connectivity index (χ1v) is 7.27. The molecule has 7 heteroatoms. The Kier molecular flexibility index (Phi) is 4.26. The Labute approximate surface area is 123 Å². The molecule has 2 aromatic heterocycles. The highest BCUT2D eigenvalue weighted by Crippen LogP contribution is 2.27. The average Bonchev–Trinajstić information content (AvgIpc) is 2.62. The number of hydrogen-bond donors (Lipinski definition) is 1.